The van der Waals surface area contributed by atoms with Gasteiger partial charge in [0, 0.05) is 25.1 Å². The number of thiophene rings is 1. The minimum atomic E-state index is -0.0680. The zero-order valence-electron chi connectivity index (χ0n) is 13.1. The molecule has 8 heteroatoms. The van der Waals surface area contributed by atoms with Gasteiger partial charge in [0.15, 0.2) is 5.16 Å². The number of fused-ring (bicyclic) bond motifs is 1. The predicted molar refractivity (Wildman–Crippen MR) is 92.3 cm³/mol. The Kier molecular flexibility index (Phi) is 5.03. The van der Waals surface area contributed by atoms with Crippen LogP contribution in [0.2, 0.25) is 0 Å². The maximum Gasteiger partial charge on any atom is 0.262 e. The predicted octanol–water partition coefficient (Wildman–Crippen LogP) is 1.69. The van der Waals surface area contributed by atoms with Gasteiger partial charge in [0.05, 0.1) is 17.2 Å². The summed E-state index contributed by atoms with van der Waals surface area (Å²) in [7, 11) is 1.69. The van der Waals surface area contributed by atoms with Crippen LogP contribution in [0.15, 0.2) is 16.0 Å². The molecule has 3 heterocycles. The van der Waals surface area contributed by atoms with E-state index >= 15 is 0 Å². The number of amides is 1. The fraction of sp³-hybridized carbons (Fsp3) is 0.533. The van der Waals surface area contributed by atoms with Gasteiger partial charge in [-0.05, 0) is 25.8 Å². The summed E-state index contributed by atoms with van der Waals surface area (Å²) in [6.45, 7) is 3.29. The van der Waals surface area contributed by atoms with Gasteiger partial charge in [0.1, 0.15) is 4.83 Å². The van der Waals surface area contributed by atoms with Gasteiger partial charge in [0.25, 0.3) is 5.56 Å². The van der Waals surface area contributed by atoms with Crippen LogP contribution in [0.4, 0.5) is 0 Å². The van der Waals surface area contributed by atoms with Gasteiger partial charge in [-0.25, -0.2) is 4.98 Å². The normalized spacial score (nSPS) is 17.7. The first kappa shape index (κ1) is 16.5. The maximum atomic E-state index is 12.3. The third kappa shape index (κ3) is 3.76. The van der Waals surface area contributed by atoms with E-state index in [4.69, 9.17) is 4.74 Å². The number of rotatable bonds is 5. The number of ether oxygens (including phenoxy) is 1. The molecule has 1 saturated heterocycles. The zero-order valence-corrected chi connectivity index (χ0v) is 14.8. The monoisotopic (exact) mass is 353 g/mol. The zero-order chi connectivity index (χ0) is 16.4. The smallest absolute Gasteiger partial charge is 0.262 e. The van der Waals surface area contributed by atoms with Crippen LogP contribution < -0.4 is 10.9 Å². The van der Waals surface area contributed by atoms with Crippen molar-refractivity contribution in [2.45, 2.75) is 31.0 Å². The van der Waals surface area contributed by atoms with Crippen LogP contribution >= 0.6 is 23.1 Å². The molecular formula is C15H19N3O3S2. The third-order valence-electron chi connectivity index (χ3n) is 3.74. The summed E-state index contributed by atoms with van der Waals surface area (Å²) in [5, 5.41) is 4.08. The van der Waals surface area contributed by atoms with Gasteiger partial charge in [-0.1, -0.05) is 11.8 Å². The van der Waals surface area contributed by atoms with Gasteiger partial charge >= 0.3 is 0 Å². The van der Waals surface area contributed by atoms with Gasteiger partial charge in [0.2, 0.25) is 5.91 Å². The molecule has 1 amide bonds. The quantitative estimate of drug-likeness (QED) is 0.654. The Labute approximate surface area is 142 Å². The number of hydrogen-bond donors (Lipinski definition) is 1. The highest BCUT2D eigenvalue weighted by Gasteiger charge is 2.17. The molecule has 3 rings (SSSR count). The van der Waals surface area contributed by atoms with Gasteiger partial charge in [-0.3, -0.25) is 14.2 Å². The number of hydrogen-bond acceptors (Lipinski definition) is 6. The molecule has 1 aliphatic heterocycles. The molecule has 1 N–H and O–H groups in total. The van der Waals surface area contributed by atoms with Crippen molar-refractivity contribution in [1.82, 2.24) is 14.9 Å². The molecule has 2 aromatic heterocycles. The first-order valence-electron chi connectivity index (χ1n) is 7.53. The van der Waals surface area contributed by atoms with Crippen molar-refractivity contribution in [3.8, 4) is 0 Å². The largest absolute Gasteiger partial charge is 0.376 e. The van der Waals surface area contributed by atoms with E-state index < -0.39 is 0 Å². The average Bonchev–Trinajstić information content (AvgIpc) is 3.16. The molecule has 0 unspecified atom stereocenters. The van der Waals surface area contributed by atoms with Gasteiger partial charge in [-0.15, -0.1) is 11.3 Å². The van der Waals surface area contributed by atoms with E-state index in [0.29, 0.717) is 17.1 Å². The molecule has 1 aliphatic rings. The van der Waals surface area contributed by atoms with E-state index in [-0.39, 0.29) is 23.3 Å². The van der Waals surface area contributed by atoms with E-state index in [1.165, 1.54) is 27.7 Å². The average molecular weight is 353 g/mol. The number of carbonyl (C=O) groups is 1. The van der Waals surface area contributed by atoms with Crippen molar-refractivity contribution in [2.75, 3.05) is 18.9 Å². The summed E-state index contributed by atoms with van der Waals surface area (Å²) in [4.78, 5) is 30.5. The topological polar surface area (TPSA) is 73.2 Å². The van der Waals surface area contributed by atoms with E-state index in [1.807, 2.05) is 13.0 Å². The maximum absolute atomic E-state index is 12.3. The van der Waals surface area contributed by atoms with Crippen molar-refractivity contribution in [1.29, 1.82) is 0 Å². The summed E-state index contributed by atoms with van der Waals surface area (Å²) in [6.07, 6.45) is 2.19. The van der Waals surface area contributed by atoms with Crippen LogP contribution in [0.5, 0.6) is 0 Å². The van der Waals surface area contributed by atoms with Crippen LogP contribution in [0.25, 0.3) is 10.2 Å². The van der Waals surface area contributed by atoms with E-state index in [9.17, 15) is 9.59 Å². The lowest BCUT2D eigenvalue weighted by atomic mass is 10.2. The third-order valence-corrected chi connectivity index (χ3v) is 5.71. The molecule has 0 spiro atoms. The number of nitrogens with one attached hydrogen (secondary N) is 1. The minimum absolute atomic E-state index is 0.0674. The fourth-order valence-electron chi connectivity index (χ4n) is 2.51. The second-order valence-corrected chi connectivity index (χ2v) is 7.74. The number of carbonyl (C=O) groups excluding carboxylic acids is 1. The molecule has 0 aromatic carbocycles. The van der Waals surface area contributed by atoms with Crippen molar-refractivity contribution < 1.29 is 9.53 Å². The summed E-state index contributed by atoms with van der Waals surface area (Å²) in [6, 6.07) is 1.86. The molecule has 1 fully saturated rings. The Balaban J connectivity index is 1.63. The van der Waals surface area contributed by atoms with Crippen LogP contribution in [0, 0.1) is 6.92 Å². The Morgan fingerprint density at radius 2 is 2.43 bits per heavy atom. The molecule has 6 nitrogen and oxygen atoms in total. The standard InChI is InChI=1S/C15H19N3O3S2/c1-9-6-11-13(23-9)17-15(18(2)14(11)20)22-8-12(19)16-7-10-4-3-5-21-10/h6,10H,3-5,7-8H2,1-2H3,(H,16,19)/t10-/m0/s1. The molecule has 1 atom stereocenters. The van der Waals surface area contributed by atoms with E-state index in [1.54, 1.807) is 7.05 Å². The number of aryl methyl sites for hydroxylation is 1. The SMILES string of the molecule is Cc1cc2c(=O)n(C)c(SCC(=O)NC[C@@H]3CCCO3)nc2s1. The second kappa shape index (κ2) is 7.02. The Bertz CT molecular complexity index is 778. The summed E-state index contributed by atoms with van der Waals surface area (Å²) in [5.41, 5.74) is -0.0680. The summed E-state index contributed by atoms with van der Waals surface area (Å²) >= 11 is 2.78. The van der Waals surface area contributed by atoms with Crippen molar-refractivity contribution >= 4 is 39.2 Å². The van der Waals surface area contributed by atoms with Crippen molar-refractivity contribution in [3.63, 3.8) is 0 Å². The molecular weight excluding hydrogens is 334 g/mol. The first-order chi connectivity index (χ1) is 11.0. The Morgan fingerprint density at radius 1 is 1.61 bits per heavy atom. The first-order valence-corrected chi connectivity index (χ1v) is 9.33. The van der Waals surface area contributed by atoms with Crippen LogP contribution in [0.3, 0.4) is 0 Å². The molecule has 2 aromatic rings. The highest BCUT2D eigenvalue weighted by molar-refractivity contribution is 7.99. The molecule has 0 saturated carbocycles. The number of aromatic nitrogens is 2. The van der Waals surface area contributed by atoms with Crippen LogP contribution in [-0.2, 0) is 16.6 Å². The minimum Gasteiger partial charge on any atom is -0.376 e. The highest BCUT2D eigenvalue weighted by Crippen LogP contribution is 2.23. The lowest BCUT2D eigenvalue weighted by Crippen LogP contribution is -2.33. The molecule has 0 aliphatic carbocycles. The van der Waals surface area contributed by atoms with E-state index in [2.05, 4.69) is 10.3 Å². The molecule has 23 heavy (non-hydrogen) atoms. The summed E-state index contributed by atoms with van der Waals surface area (Å²) < 4.78 is 6.98. The van der Waals surface area contributed by atoms with Gasteiger partial charge in [-0.2, -0.15) is 0 Å². The Hall–Kier alpha value is -1.38. The van der Waals surface area contributed by atoms with Gasteiger partial charge < -0.3 is 10.1 Å². The van der Waals surface area contributed by atoms with Crippen molar-refractivity contribution in [3.05, 3.63) is 21.3 Å². The number of nitrogens with zero attached hydrogens (tertiary/aromatic N) is 2. The Morgan fingerprint density at radius 3 is 3.17 bits per heavy atom. The highest BCUT2D eigenvalue weighted by atomic mass is 32.2. The fourth-order valence-corrected chi connectivity index (χ4v) is 4.23. The molecule has 0 radical (unpaired) electrons. The second-order valence-electron chi connectivity index (χ2n) is 5.56. The van der Waals surface area contributed by atoms with E-state index in [0.717, 1.165) is 29.2 Å². The lowest BCUT2D eigenvalue weighted by Gasteiger charge is -2.11. The van der Waals surface area contributed by atoms with Crippen molar-refractivity contribution in [2.24, 2.45) is 7.05 Å². The summed E-state index contributed by atoms with van der Waals surface area (Å²) in [5.74, 6) is 0.172. The molecule has 0 bridgehead atoms. The molecule has 124 valence electrons. The van der Waals surface area contributed by atoms with Crippen LogP contribution in [-0.4, -0.2) is 40.5 Å². The number of thioether (sulfide) groups is 1. The lowest BCUT2D eigenvalue weighted by molar-refractivity contribution is -0.119. The van der Waals surface area contributed by atoms with Crippen LogP contribution in [0.1, 0.15) is 17.7 Å².